The first kappa shape index (κ1) is 17.0. The molecule has 22 heavy (non-hydrogen) atoms. The lowest BCUT2D eigenvalue weighted by molar-refractivity contribution is 0.208. The third-order valence-corrected chi connectivity index (χ3v) is 4.33. The van der Waals surface area contributed by atoms with E-state index in [4.69, 9.17) is 0 Å². The molecule has 2 rings (SSSR count). The van der Waals surface area contributed by atoms with E-state index in [2.05, 4.69) is 41.0 Å². The Balaban J connectivity index is 1.94. The van der Waals surface area contributed by atoms with Crippen molar-refractivity contribution < 1.29 is 5.11 Å². The molecule has 0 bridgehead atoms. The van der Waals surface area contributed by atoms with Gasteiger partial charge < -0.3 is 15.3 Å². The van der Waals surface area contributed by atoms with Gasteiger partial charge in [-0.2, -0.15) is 0 Å². The number of nitrogens with zero attached hydrogens (tertiary/aromatic N) is 3. The van der Waals surface area contributed by atoms with Crippen molar-refractivity contribution in [1.29, 1.82) is 0 Å². The smallest absolute Gasteiger partial charge is 0.134 e. The zero-order chi connectivity index (χ0) is 15.9. The molecule has 0 radical (unpaired) electrons. The van der Waals surface area contributed by atoms with E-state index in [1.807, 2.05) is 6.07 Å². The molecule has 124 valence electrons. The summed E-state index contributed by atoms with van der Waals surface area (Å²) in [6, 6.07) is 2.45. The molecule has 2 atom stereocenters. The number of nitrogens with one attached hydrogen (secondary N) is 1. The molecule has 2 N–H and O–H groups in total. The summed E-state index contributed by atoms with van der Waals surface area (Å²) in [5.41, 5.74) is 0. The Morgan fingerprint density at radius 3 is 2.86 bits per heavy atom. The van der Waals surface area contributed by atoms with Crippen molar-refractivity contribution in [3.05, 3.63) is 12.4 Å². The molecule has 1 aliphatic heterocycles. The van der Waals surface area contributed by atoms with E-state index in [1.165, 1.54) is 6.42 Å². The highest BCUT2D eigenvalue weighted by atomic mass is 16.3. The monoisotopic (exact) mass is 306 g/mol. The van der Waals surface area contributed by atoms with Crippen LogP contribution in [0.25, 0.3) is 0 Å². The van der Waals surface area contributed by atoms with Crippen LogP contribution in [0.15, 0.2) is 12.4 Å². The number of hydrogen-bond acceptors (Lipinski definition) is 5. The number of rotatable bonds is 7. The topological polar surface area (TPSA) is 61.3 Å². The summed E-state index contributed by atoms with van der Waals surface area (Å²) >= 11 is 0. The lowest BCUT2D eigenvalue weighted by Crippen LogP contribution is -2.37. The predicted molar refractivity (Wildman–Crippen MR) is 91.2 cm³/mol. The highest BCUT2D eigenvalue weighted by molar-refractivity contribution is 5.49. The van der Waals surface area contributed by atoms with E-state index in [-0.39, 0.29) is 6.61 Å². The third-order valence-electron chi connectivity index (χ3n) is 4.33. The fraction of sp³-hybridized carbons (Fsp3) is 0.765. The average molecular weight is 306 g/mol. The molecular formula is C17H30N4O. The Hall–Kier alpha value is -1.36. The minimum atomic E-state index is 0.263. The van der Waals surface area contributed by atoms with Crippen LogP contribution in [0.5, 0.6) is 0 Å². The molecule has 1 aliphatic rings. The summed E-state index contributed by atoms with van der Waals surface area (Å²) in [6.45, 7) is 8.87. The quantitative estimate of drug-likeness (QED) is 0.811. The Morgan fingerprint density at radius 1 is 1.32 bits per heavy atom. The van der Waals surface area contributed by atoms with Gasteiger partial charge in [0.2, 0.25) is 0 Å². The van der Waals surface area contributed by atoms with Crippen molar-refractivity contribution >= 4 is 11.6 Å². The normalized spacial score (nSPS) is 20.2. The van der Waals surface area contributed by atoms with Crippen molar-refractivity contribution in [3.8, 4) is 0 Å². The van der Waals surface area contributed by atoms with Gasteiger partial charge >= 0.3 is 0 Å². The number of anilines is 2. The number of aromatic nitrogens is 2. The molecular weight excluding hydrogens is 276 g/mol. The van der Waals surface area contributed by atoms with Gasteiger partial charge in [0.15, 0.2) is 0 Å². The maximum absolute atomic E-state index is 9.36. The van der Waals surface area contributed by atoms with Gasteiger partial charge in [-0.1, -0.05) is 13.8 Å². The van der Waals surface area contributed by atoms with Crippen LogP contribution in [-0.2, 0) is 0 Å². The molecule has 1 saturated heterocycles. The van der Waals surface area contributed by atoms with Crippen LogP contribution in [0.2, 0.25) is 0 Å². The number of aliphatic hydroxyl groups is 1. The third kappa shape index (κ3) is 5.13. The zero-order valence-electron chi connectivity index (χ0n) is 14.1. The Kier molecular flexibility index (Phi) is 6.43. The second-order valence-electron chi connectivity index (χ2n) is 6.91. The molecule has 0 saturated carbocycles. The molecule has 0 aromatic carbocycles. The summed E-state index contributed by atoms with van der Waals surface area (Å²) in [6.07, 6.45) is 6.22. The SMILES string of the molecule is CC(C)CCC(C)Nc1cc(N2CCCC(CO)C2)ncn1. The van der Waals surface area contributed by atoms with Gasteiger partial charge in [0.25, 0.3) is 0 Å². The first-order valence-electron chi connectivity index (χ1n) is 8.53. The molecule has 1 fully saturated rings. The zero-order valence-corrected chi connectivity index (χ0v) is 14.1. The molecule has 0 amide bonds. The fourth-order valence-corrected chi connectivity index (χ4v) is 2.93. The van der Waals surface area contributed by atoms with Crippen molar-refractivity contribution in [2.24, 2.45) is 11.8 Å². The molecule has 0 aliphatic carbocycles. The molecule has 1 aromatic rings. The summed E-state index contributed by atoms with van der Waals surface area (Å²) in [5, 5.41) is 12.8. The summed E-state index contributed by atoms with van der Waals surface area (Å²) in [5.74, 6) is 2.96. The van der Waals surface area contributed by atoms with Gasteiger partial charge in [0.1, 0.15) is 18.0 Å². The number of piperidine rings is 1. The van der Waals surface area contributed by atoms with Gasteiger partial charge in [-0.05, 0) is 44.4 Å². The highest BCUT2D eigenvalue weighted by Crippen LogP contribution is 2.23. The van der Waals surface area contributed by atoms with Gasteiger partial charge in [-0.3, -0.25) is 0 Å². The molecule has 0 spiro atoms. The molecule has 5 nitrogen and oxygen atoms in total. The largest absolute Gasteiger partial charge is 0.396 e. The van der Waals surface area contributed by atoms with Crippen molar-refractivity contribution in [2.75, 3.05) is 29.9 Å². The first-order valence-corrected chi connectivity index (χ1v) is 8.53. The Morgan fingerprint density at radius 2 is 2.14 bits per heavy atom. The van der Waals surface area contributed by atoms with Gasteiger partial charge in [0.05, 0.1) is 0 Å². The van der Waals surface area contributed by atoms with Crippen LogP contribution in [0.4, 0.5) is 11.6 Å². The van der Waals surface area contributed by atoms with E-state index in [9.17, 15) is 5.11 Å². The molecule has 2 heterocycles. The van der Waals surface area contributed by atoms with Crippen LogP contribution >= 0.6 is 0 Å². The van der Waals surface area contributed by atoms with Crippen LogP contribution in [0.3, 0.4) is 0 Å². The van der Waals surface area contributed by atoms with Crippen LogP contribution in [0, 0.1) is 11.8 Å². The molecule has 1 aromatic heterocycles. The maximum Gasteiger partial charge on any atom is 0.134 e. The second kappa shape index (κ2) is 8.32. The predicted octanol–water partition coefficient (Wildman–Crippen LogP) is 2.92. The number of aliphatic hydroxyl groups excluding tert-OH is 1. The second-order valence-corrected chi connectivity index (χ2v) is 6.91. The number of hydrogen-bond donors (Lipinski definition) is 2. The van der Waals surface area contributed by atoms with E-state index in [1.54, 1.807) is 6.33 Å². The standard InChI is InChI=1S/C17H30N4O/c1-13(2)6-7-14(3)20-16-9-17(19-12-18-16)21-8-4-5-15(10-21)11-22/h9,12-15,22H,4-8,10-11H2,1-3H3,(H,18,19,20). The summed E-state index contributed by atoms with van der Waals surface area (Å²) in [4.78, 5) is 11.0. The fourth-order valence-electron chi connectivity index (χ4n) is 2.93. The molecule has 5 heteroatoms. The van der Waals surface area contributed by atoms with E-state index >= 15 is 0 Å². The minimum absolute atomic E-state index is 0.263. The Labute approximate surface area is 134 Å². The van der Waals surface area contributed by atoms with Gasteiger partial charge in [0, 0.05) is 31.8 Å². The van der Waals surface area contributed by atoms with E-state index in [0.29, 0.717) is 12.0 Å². The lowest BCUT2D eigenvalue weighted by Gasteiger charge is -2.32. The van der Waals surface area contributed by atoms with Crippen molar-refractivity contribution in [1.82, 2.24) is 9.97 Å². The maximum atomic E-state index is 9.36. The molecule has 2 unspecified atom stereocenters. The van der Waals surface area contributed by atoms with Crippen molar-refractivity contribution in [3.63, 3.8) is 0 Å². The van der Waals surface area contributed by atoms with E-state index < -0.39 is 0 Å². The Bertz CT molecular complexity index is 452. The lowest BCUT2D eigenvalue weighted by atomic mass is 9.99. The first-order chi connectivity index (χ1) is 10.6. The highest BCUT2D eigenvalue weighted by Gasteiger charge is 2.20. The van der Waals surface area contributed by atoms with Gasteiger partial charge in [-0.15, -0.1) is 0 Å². The van der Waals surface area contributed by atoms with Crippen LogP contribution < -0.4 is 10.2 Å². The van der Waals surface area contributed by atoms with Crippen molar-refractivity contribution in [2.45, 2.75) is 52.5 Å². The van der Waals surface area contributed by atoms with Gasteiger partial charge in [-0.25, -0.2) is 9.97 Å². The minimum Gasteiger partial charge on any atom is -0.396 e. The summed E-state index contributed by atoms with van der Waals surface area (Å²) in [7, 11) is 0. The van der Waals surface area contributed by atoms with E-state index in [0.717, 1.165) is 49.9 Å². The average Bonchev–Trinajstić information content (AvgIpc) is 2.53. The van der Waals surface area contributed by atoms with Crippen LogP contribution in [-0.4, -0.2) is 40.8 Å². The summed E-state index contributed by atoms with van der Waals surface area (Å²) < 4.78 is 0. The van der Waals surface area contributed by atoms with Crippen LogP contribution in [0.1, 0.15) is 46.5 Å².